The summed E-state index contributed by atoms with van der Waals surface area (Å²) in [4.78, 5) is 18.4. The van der Waals surface area contributed by atoms with Gasteiger partial charge >= 0.3 is 6.18 Å². The summed E-state index contributed by atoms with van der Waals surface area (Å²) in [5.41, 5.74) is 0.546. The lowest BCUT2D eigenvalue weighted by Crippen LogP contribution is -2.19. The summed E-state index contributed by atoms with van der Waals surface area (Å²) in [7, 11) is 1.58. The smallest absolute Gasteiger partial charge is 0.416 e. The highest BCUT2D eigenvalue weighted by molar-refractivity contribution is 7.15. The Balaban J connectivity index is 1.57. The summed E-state index contributed by atoms with van der Waals surface area (Å²) in [6, 6.07) is 10.1. The van der Waals surface area contributed by atoms with Gasteiger partial charge in [-0.3, -0.25) is 9.20 Å². The zero-order valence-corrected chi connectivity index (χ0v) is 20.2. The Morgan fingerprint density at radius 1 is 1.14 bits per heavy atom. The predicted octanol–water partition coefficient (Wildman–Crippen LogP) is 6.80. The molecule has 0 saturated heterocycles. The molecule has 4 aromatic rings. The largest absolute Gasteiger partial charge is 0.493 e. The van der Waals surface area contributed by atoms with Gasteiger partial charge < -0.3 is 9.47 Å². The summed E-state index contributed by atoms with van der Waals surface area (Å²) >= 11 is 1.30. The molecular formula is C27H23F3N2O3S. The third-order valence-electron chi connectivity index (χ3n) is 6.33. The quantitative estimate of drug-likeness (QED) is 0.273. The van der Waals surface area contributed by atoms with E-state index in [4.69, 9.17) is 9.47 Å². The predicted molar refractivity (Wildman–Crippen MR) is 135 cm³/mol. The number of benzene rings is 2. The van der Waals surface area contributed by atoms with Gasteiger partial charge in [0.2, 0.25) is 0 Å². The number of thiazole rings is 1. The normalized spacial score (nSPS) is 14.3. The van der Waals surface area contributed by atoms with Crippen molar-refractivity contribution in [3.63, 3.8) is 0 Å². The number of para-hydroxylation sites is 1. The highest BCUT2D eigenvalue weighted by Crippen LogP contribution is 2.36. The van der Waals surface area contributed by atoms with E-state index in [-0.39, 0.29) is 11.1 Å². The van der Waals surface area contributed by atoms with E-state index < -0.39 is 11.7 Å². The first-order chi connectivity index (χ1) is 17.3. The first-order valence-corrected chi connectivity index (χ1v) is 12.4. The second-order valence-electron chi connectivity index (χ2n) is 8.63. The van der Waals surface area contributed by atoms with Crippen molar-refractivity contribution in [3.8, 4) is 22.6 Å². The standard InChI is InChI=1S/C27H23F3N2O3S/c1-34-22-7-3-6-19(24(22)35-16-17-4-2-5-17)10-13-21-23(25(33)32-14-15-36-26(32)31-21)18-8-11-20(12-9-18)27(28,29)30/h3,6-15,17H,2,4-5,16H2,1H3. The lowest BCUT2D eigenvalue weighted by molar-refractivity contribution is -0.137. The van der Waals surface area contributed by atoms with E-state index in [1.54, 1.807) is 30.8 Å². The van der Waals surface area contributed by atoms with Crippen molar-refractivity contribution in [1.29, 1.82) is 0 Å². The lowest BCUT2D eigenvalue weighted by Gasteiger charge is -2.26. The van der Waals surface area contributed by atoms with Gasteiger partial charge in [-0.1, -0.05) is 30.7 Å². The molecule has 9 heteroatoms. The van der Waals surface area contributed by atoms with Crippen LogP contribution >= 0.6 is 11.3 Å². The second kappa shape index (κ2) is 9.81. The molecule has 1 saturated carbocycles. The van der Waals surface area contributed by atoms with Crippen molar-refractivity contribution in [2.45, 2.75) is 25.4 Å². The molecule has 0 radical (unpaired) electrons. The van der Waals surface area contributed by atoms with E-state index in [2.05, 4.69) is 4.98 Å². The Kier molecular flexibility index (Phi) is 6.57. The fourth-order valence-corrected chi connectivity index (χ4v) is 4.84. The topological polar surface area (TPSA) is 52.8 Å². The summed E-state index contributed by atoms with van der Waals surface area (Å²) in [5, 5.41) is 1.74. The van der Waals surface area contributed by atoms with Crippen LogP contribution in [0.2, 0.25) is 0 Å². The highest BCUT2D eigenvalue weighted by Gasteiger charge is 2.30. The molecule has 1 aliphatic rings. The lowest BCUT2D eigenvalue weighted by atomic mass is 9.86. The zero-order chi connectivity index (χ0) is 25.3. The van der Waals surface area contributed by atoms with E-state index in [0.29, 0.717) is 40.2 Å². The Hall–Kier alpha value is -3.59. The molecule has 2 heterocycles. The van der Waals surface area contributed by atoms with Crippen molar-refractivity contribution < 1.29 is 22.6 Å². The number of methoxy groups -OCH3 is 1. The number of nitrogens with zero attached hydrogens (tertiary/aromatic N) is 2. The Morgan fingerprint density at radius 3 is 2.58 bits per heavy atom. The molecule has 36 heavy (non-hydrogen) atoms. The third-order valence-corrected chi connectivity index (χ3v) is 7.09. The van der Waals surface area contributed by atoms with E-state index >= 15 is 0 Å². The average Bonchev–Trinajstić information content (AvgIpc) is 3.31. The summed E-state index contributed by atoms with van der Waals surface area (Å²) in [5.74, 6) is 1.73. The highest BCUT2D eigenvalue weighted by atomic mass is 32.1. The average molecular weight is 513 g/mol. The van der Waals surface area contributed by atoms with Gasteiger partial charge in [0, 0.05) is 17.1 Å². The molecule has 0 atom stereocenters. The van der Waals surface area contributed by atoms with Crippen molar-refractivity contribution in [1.82, 2.24) is 9.38 Å². The molecule has 1 fully saturated rings. The molecule has 0 amide bonds. The molecule has 0 aliphatic heterocycles. The molecule has 5 rings (SSSR count). The number of rotatable bonds is 7. The number of hydrogen-bond donors (Lipinski definition) is 0. The zero-order valence-electron chi connectivity index (χ0n) is 19.4. The van der Waals surface area contributed by atoms with Crippen molar-refractivity contribution >= 4 is 28.4 Å². The van der Waals surface area contributed by atoms with Gasteiger partial charge in [-0.2, -0.15) is 13.2 Å². The third kappa shape index (κ3) is 4.75. The Bertz CT molecular complexity index is 1470. The van der Waals surface area contributed by atoms with Gasteiger partial charge in [0.15, 0.2) is 16.5 Å². The van der Waals surface area contributed by atoms with Crippen molar-refractivity contribution in [2.24, 2.45) is 5.92 Å². The maximum absolute atomic E-state index is 13.3. The SMILES string of the molecule is COc1cccc(C=Cc2nc3sccn3c(=O)c2-c2ccc(C(F)(F)F)cc2)c1OCC1CCC1. The second-order valence-corrected chi connectivity index (χ2v) is 9.50. The van der Waals surface area contributed by atoms with Crippen LogP contribution in [-0.4, -0.2) is 23.1 Å². The molecular weight excluding hydrogens is 489 g/mol. The molecule has 0 spiro atoms. The number of alkyl halides is 3. The van der Waals surface area contributed by atoms with Crippen molar-refractivity contribution in [3.05, 3.63) is 81.2 Å². The maximum atomic E-state index is 13.3. The first kappa shape index (κ1) is 24.1. The Labute approximate surface area is 209 Å². The van der Waals surface area contributed by atoms with Crippen LogP contribution in [0, 0.1) is 5.92 Å². The van der Waals surface area contributed by atoms with Crippen LogP contribution in [0.4, 0.5) is 13.2 Å². The van der Waals surface area contributed by atoms with Crippen LogP contribution in [0.5, 0.6) is 11.5 Å². The monoisotopic (exact) mass is 512 g/mol. The van der Waals surface area contributed by atoms with Crippen molar-refractivity contribution in [2.75, 3.05) is 13.7 Å². The minimum absolute atomic E-state index is 0.218. The molecule has 0 bridgehead atoms. The van der Waals surface area contributed by atoms with E-state index in [9.17, 15) is 18.0 Å². The van der Waals surface area contributed by atoms with Gasteiger partial charge in [-0.05, 0) is 54.7 Å². The number of aromatic nitrogens is 2. The summed E-state index contributed by atoms with van der Waals surface area (Å²) in [6.07, 6.45) is 4.12. The molecule has 2 aromatic carbocycles. The van der Waals surface area contributed by atoms with Gasteiger partial charge in [0.25, 0.3) is 5.56 Å². The number of hydrogen-bond acceptors (Lipinski definition) is 5. The fourth-order valence-electron chi connectivity index (χ4n) is 4.12. The number of fused-ring (bicyclic) bond motifs is 1. The fraction of sp³-hybridized carbons (Fsp3) is 0.259. The number of halogens is 3. The van der Waals surface area contributed by atoms with Gasteiger partial charge in [-0.15, -0.1) is 11.3 Å². The molecule has 0 N–H and O–H groups in total. The Morgan fingerprint density at radius 2 is 1.92 bits per heavy atom. The molecule has 5 nitrogen and oxygen atoms in total. The van der Waals surface area contributed by atoms with Crippen LogP contribution in [0.15, 0.2) is 58.8 Å². The van der Waals surface area contributed by atoms with E-state index in [1.807, 2.05) is 18.2 Å². The molecule has 2 aromatic heterocycles. The van der Waals surface area contributed by atoms with Gasteiger partial charge in [-0.25, -0.2) is 4.98 Å². The van der Waals surface area contributed by atoms with E-state index in [0.717, 1.165) is 30.5 Å². The number of ether oxygens (including phenoxy) is 2. The minimum atomic E-state index is -4.46. The van der Waals surface area contributed by atoms with E-state index in [1.165, 1.54) is 34.3 Å². The van der Waals surface area contributed by atoms with Crippen LogP contribution in [0.25, 0.3) is 28.2 Å². The van der Waals surface area contributed by atoms with Gasteiger partial charge in [0.1, 0.15) is 0 Å². The van der Waals surface area contributed by atoms with Crippen LogP contribution < -0.4 is 15.0 Å². The summed E-state index contributed by atoms with van der Waals surface area (Å²) < 4.78 is 52.3. The van der Waals surface area contributed by atoms with Crippen LogP contribution in [-0.2, 0) is 6.18 Å². The minimum Gasteiger partial charge on any atom is -0.493 e. The van der Waals surface area contributed by atoms with Crippen LogP contribution in [0.1, 0.15) is 36.1 Å². The van der Waals surface area contributed by atoms with Gasteiger partial charge in [0.05, 0.1) is 30.5 Å². The maximum Gasteiger partial charge on any atom is 0.416 e. The molecule has 0 unspecified atom stereocenters. The first-order valence-electron chi connectivity index (χ1n) is 11.5. The molecule has 186 valence electrons. The molecule has 1 aliphatic carbocycles. The summed E-state index contributed by atoms with van der Waals surface area (Å²) in [6.45, 7) is 0.596. The van der Waals surface area contributed by atoms with Crippen LogP contribution in [0.3, 0.4) is 0 Å².